The largest absolute Gasteiger partial charge is 0.441 e. The molecule has 0 aliphatic carbocycles. The molecule has 0 aliphatic heterocycles. The van der Waals surface area contributed by atoms with E-state index in [1.807, 2.05) is 12.1 Å². The van der Waals surface area contributed by atoms with Gasteiger partial charge >= 0.3 is 6.03 Å². The predicted molar refractivity (Wildman–Crippen MR) is 99.0 cm³/mol. The van der Waals surface area contributed by atoms with Gasteiger partial charge in [-0.3, -0.25) is 0 Å². The van der Waals surface area contributed by atoms with Gasteiger partial charge in [0.1, 0.15) is 11.5 Å². The number of nitrogens with zero attached hydrogens (tertiary/aromatic N) is 1. The van der Waals surface area contributed by atoms with E-state index in [4.69, 9.17) is 27.6 Å². The van der Waals surface area contributed by atoms with Gasteiger partial charge in [-0.1, -0.05) is 29.3 Å². The summed E-state index contributed by atoms with van der Waals surface area (Å²) in [5.74, 6) is 1.11. The highest BCUT2D eigenvalue weighted by Gasteiger charge is 2.12. The molecule has 2 aromatic carbocycles. The zero-order valence-corrected chi connectivity index (χ0v) is 14.9. The Morgan fingerprint density at radius 3 is 2.60 bits per heavy atom. The van der Waals surface area contributed by atoms with Crippen LogP contribution in [0.15, 0.2) is 52.9 Å². The van der Waals surface area contributed by atoms with E-state index in [1.54, 1.807) is 43.3 Å². The van der Waals surface area contributed by atoms with E-state index in [1.165, 1.54) is 0 Å². The SMILES string of the molecule is Cc1oc(-c2cccc(Cl)c2)nc1CNC(=O)Nc1ccc(Cl)cc1. The van der Waals surface area contributed by atoms with Gasteiger partial charge in [0.05, 0.1) is 6.54 Å². The summed E-state index contributed by atoms with van der Waals surface area (Å²) in [5, 5.41) is 6.68. The van der Waals surface area contributed by atoms with Crippen molar-refractivity contribution in [2.24, 2.45) is 0 Å². The number of rotatable bonds is 4. The van der Waals surface area contributed by atoms with Gasteiger partial charge in [-0.25, -0.2) is 9.78 Å². The van der Waals surface area contributed by atoms with Crippen LogP contribution in [-0.4, -0.2) is 11.0 Å². The topological polar surface area (TPSA) is 67.2 Å². The van der Waals surface area contributed by atoms with Crippen molar-refractivity contribution in [3.8, 4) is 11.5 Å². The average Bonchev–Trinajstić information content (AvgIpc) is 2.96. The van der Waals surface area contributed by atoms with E-state index in [0.717, 1.165) is 5.56 Å². The number of carbonyl (C=O) groups is 1. The quantitative estimate of drug-likeness (QED) is 0.651. The van der Waals surface area contributed by atoms with Crippen LogP contribution in [0, 0.1) is 6.92 Å². The second-order valence-corrected chi connectivity index (χ2v) is 6.22. The summed E-state index contributed by atoms with van der Waals surface area (Å²) in [6.45, 7) is 2.05. The van der Waals surface area contributed by atoms with E-state index >= 15 is 0 Å². The highest BCUT2D eigenvalue weighted by molar-refractivity contribution is 6.31. The molecule has 1 heterocycles. The van der Waals surface area contributed by atoms with E-state index in [2.05, 4.69) is 15.6 Å². The zero-order chi connectivity index (χ0) is 17.8. The van der Waals surface area contributed by atoms with Crippen LogP contribution in [-0.2, 0) is 6.54 Å². The Bertz CT molecular complexity index is 892. The minimum Gasteiger partial charge on any atom is -0.441 e. The summed E-state index contributed by atoms with van der Waals surface area (Å²) < 4.78 is 5.66. The summed E-state index contributed by atoms with van der Waals surface area (Å²) >= 11 is 11.8. The molecular weight excluding hydrogens is 361 g/mol. The smallest absolute Gasteiger partial charge is 0.319 e. The van der Waals surface area contributed by atoms with Gasteiger partial charge in [0.25, 0.3) is 0 Å². The van der Waals surface area contributed by atoms with Crippen molar-refractivity contribution in [2.75, 3.05) is 5.32 Å². The first-order chi connectivity index (χ1) is 12.0. The maximum absolute atomic E-state index is 12.0. The monoisotopic (exact) mass is 375 g/mol. The number of carbonyl (C=O) groups excluding carboxylic acids is 1. The van der Waals surface area contributed by atoms with Crippen LogP contribution in [0.4, 0.5) is 10.5 Å². The van der Waals surface area contributed by atoms with E-state index in [9.17, 15) is 4.79 Å². The molecule has 25 heavy (non-hydrogen) atoms. The molecule has 0 saturated heterocycles. The fraction of sp³-hybridized carbons (Fsp3) is 0.111. The fourth-order valence-corrected chi connectivity index (χ4v) is 2.53. The molecule has 0 fully saturated rings. The lowest BCUT2D eigenvalue weighted by Gasteiger charge is -2.06. The Kier molecular flexibility index (Phi) is 5.26. The molecule has 0 bridgehead atoms. The zero-order valence-electron chi connectivity index (χ0n) is 13.3. The van der Waals surface area contributed by atoms with Gasteiger partial charge < -0.3 is 15.1 Å². The molecular formula is C18H15Cl2N3O2. The van der Waals surface area contributed by atoms with Gasteiger partial charge in [-0.05, 0) is 49.4 Å². The molecule has 0 radical (unpaired) electrons. The first kappa shape index (κ1) is 17.3. The first-order valence-electron chi connectivity index (χ1n) is 7.54. The lowest BCUT2D eigenvalue weighted by molar-refractivity contribution is 0.251. The summed E-state index contributed by atoms with van der Waals surface area (Å²) in [4.78, 5) is 16.4. The normalized spacial score (nSPS) is 10.5. The van der Waals surface area contributed by atoms with Gasteiger partial charge in [-0.2, -0.15) is 0 Å². The number of urea groups is 1. The Morgan fingerprint density at radius 2 is 1.88 bits per heavy atom. The van der Waals surface area contributed by atoms with Crippen LogP contribution < -0.4 is 10.6 Å². The molecule has 0 saturated carbocycles. The summed E-state index contributed by atoms with van der Waals surface area (Å²) in [6, 6.07) is 13.8. The van der Waals surface area contributed by atoms with Crippen molar-refractivity contribution in [3.63, 3.8) is 0 Å². The number of oxazole rings is 1. The highest BCUT2D eigenvalue weighted by atomic mass is 35.5. The molecule has 128 valence electrons. The molecule has 0 atom stereocenters. The molecule has 7 heteroatoms. The number of aromatic nitrogens is 1. The minimum atomic E-state index is -0.339. The second kappa shape index (κ2) is 7.59. The minimum absolute atomic E-state index is 0.245. The standard InChI is InChI=1S/C18H15Cl2N3O2/c1-11-16(23-17(25-11)12-3-2-4-14(20)9-12)10-21-18(24)22-15-7-5-13(19)6-8-15/h2-9H,10H2,1H3,(H2,21,22,24). The van der Waals surface area contributed by atoms with Crippen LogP contribution in [0.1, 0.15) is 11.5 Å². The van der Waals surface area contributed by atoms with E-state index in [-0.39, 0.29) is 12.6 Å². The van der Waals surface area contributed by atoms with Crippen LogP contribution >= 0.6 is 23.2 Å². The third kappa shape index (κ3) is 4.53. The molecule has 3 rings (SSSR count). The molecule has 2 amide bonds. The van der Waals surface area contributed by atoms with E-state index < -0.39 is 0 Å². The average molecular weight is 376 g/mol. The molecule has 2 N–H and O–H groups in total. The number of benzene rings is 2. The van der Waals surface area contributed by atoms with Crippen molar-refractivity contribution < 1.29 is 9.21 Å². The Labute approximate surface area is 155 Å². The number of aryl methyl sites for hydroxylation is 1. The summed E-state index contributed by atoms with van der Waals surface area (Å²) in [7, 11) is 0. The van der Waals surface area contributed by atoms with Crippen LogP contribution in [0.5, 0.6) is 0 Å². The lowest BCUT2D eigenvalue weighted by Crippen LogP contribution is -2.28. The molecule has 3 aromatic rings. The van der Waals surface area contributed by atoms with Gasteiger partial charge in [0, 0.05) is 21.3 Å². The fourth-order valence-electron chi connectivity index (χ4n) is 2.21. The molecule has 1 aromatic heterocycles. The number of anilines is 1. The lowest BCUT2D eigenvalue weighted by atomic mass is 10.2. The van der Waals surface area contributed by atoms with Crippen LogP contribution in [0.2, 0.25) is 10.0 Å². The maximum atomic E-state index is 12.0. The number of hydrogen-bond acceptors (Lipinski definition) is 3. The predicted octanol–water partition coefficient (Wildman–Crippen LogP) is 5.28. The Balaban J connectivity index is 1.63. The van der Waals surface area contributed by atoms with Gasteiger partial charge in [0.2, 0.25) is 5.89 Å². The van der Waals surface area contributed by atoms with Crippen LogP contribution in [0.25, 0.3) is 11.5 Å². The Morgan fingerprint density at radius 1 is 1.12 bits per heavy atom. The van der Waals surface area contributed by atoms with Crippen molar-refractivity contribution >= 4 is 34.9 Å². The maximum Gasteiger partial charge on any atom is 0.319 e. The van der Waals surface area contributed by atoms with Crippen molar-refractivity contribution in [3.05, 3.63) is 70.0 Å². The van der Waals surface area contributed by atoms with Crippen molar-refractivity contribution in [1.29, 1.82) is 0 Å². The summed E-state index contributed by atoms with van der Waals surface area (Å²) in [5.41, 5.74) is 2.09. The van der Waals surface area contributed by atoms with Gasteiger partial charge in [-0.15, -0.1) is 0 Å². The molecule has 0 spiro atoms. The van der Waals surface area contributed by atoms with Crippen molar-refractivity contribution in [2.45, 2.75) is 13.5 Å². The molecule has 5 nitrogen and oxygen atoms in total. The van der Waals surface area contributed by atoms with E-state index in [0.29, 0.717) is 33.1 Å². The Hall–Kier alpha value is -2.50. The molecule has 0 unspecified atom stereocenters. The third-order valence-electron chi connectivity index (χ3n) is 3.48. The second-order valence-electron chi connectivity index (χ2n) is 5.35. The highest BCUT2D eigenvalue weighted by Crippen LogP contribution is 2.24. The number of halogens is 2. The number of amides is 2. The summed E-state index contributed by atoms with van der Waals surface area (Å²) in [6.07, 6.45) is 0. The number of hydrogen-bond donors (Lipinski definition) is 2. The number of nitrogens with one attached hydrogen (secondary N) is 2. The van der Waals surface area contributed by atoms with Crippen molar-refractivity contribution in [1.82, 2.24) is 10.3 Å². The first-order valence-corrected chi connectivity index (χ1v) is 8.29. The molecule has 0 aliphatic rings. The third-order valence-corrected chi connectivity index (χ3v) is 3.97. The van der Waals surface area contributed by atoms with Crippen LogP contribution in [0.3, 0.4) is 0 Å². The van der Waals surface area contributed by atoms with Gasteiger partial charge in [0.15, 0.2) is 0 Å².